The van der Waals surface area contributed by atoms with Crippen LogP contribution < -0.4 is 0 Å². The second kappa shape index (κ2) is 6.18. The minimum Gasteiger partial charge on any atom is -0.390 e. The van der Waals surface area contributed by atoms with Crippen LogP contribution >= 0.6 is 45.2 Å². The van der Waals surface area contributed by atoms with Crippen LogP contribution in [-0.2, 0) is 17.6 Å². The van der Waals surface area contributed by atoms with Gasteiger partial charge in [-0.3, -0.25) is 0 Å². The van der Waals surface area contributed by atoms with E-state index in [1.54, 1.807) is 4.68 Å². The first-order chi connectivity index (χ1) is 6.72. The van der Waals surface area contributed by atoms with E-state index in [4.69, 9.17) is 5.11 Å². The molecule has 0 aliphatic rings. The predicted octanol–water partition coefficient (Wildman–Crippen LogP) is 0.501. The molecule has 0 aliphatic carbocycles. The van der Waals surface area contributed by atoms with E-state index < -0.39 is 6.10 Å². The number of aliphatic hydroxyl groups is 2. The fourth-order valence-corrected chi connectivity index (χ4v) is 1.91. The largest absolute Gasteiger partial charge is 0.390 e. The Morgan fingerprint density at radius 1 is 1.43 bits per heavy atom. The van der Waals surface area contributed by atoms with Gasteiger partial charge in [0.2, 0.25) is 0 Å². The van der Waals surface area contributed by atoms with Crippen LogP contribution in [0.25, 0.3) is 0 Å². The summed E-state index contributed by atoms with van der Waals surface area (Å²) >= 11 is 4.27. The molecule has 0 bridgehead atoms. The molecule has 1 aromatic heterocycles. The second-order valence-electron chi connectivity index (χ2n) is 2.76. The Morgan fingerprint density at radius 3 is 2.64 bits per heavy atom. The third-order valence-corrected chi connectivity index (χ3v) is 3.50. The Labute approximate surface area is 109 Å². The van der Waals surface area contributed by atoms with Gasteiger partial charge in [0.25, 0.3) is 0 Å². The van der Waals surface area contributed by atoms with Crippen molar-refractivity contribution in [2.75, 3.05) is 4.43 Å². The Morgan fingerprint density at radius 2 is 2.14 bits per heavy atom. The summed E-state index contributed by atoms with van der Waals surface area (Å²) in [5, 5.41) is 26.4. The number of hydrogen-bond acceptors (Lipinski definition) is 4. The smallest absolute Gasteiger partial charge is 0.0980 e. The highest BCUT2D eigenvalue weighted by molar-refractivity contribution is 14.1. The molecule has 1 aromatic rings. The van der Waals surface area contributed by atoms with Crippen molar-refractivity contribution in [2.24, 2.45) is 0 Å². The van der Waals surface area contributed by atoms with Crippen molar-refractivity contribution < 1.29 is 10.2 Å². The minimum atomic E-state index is -0.440. The van der Waals surface area contributed by atoms with Crippen molar-refractivity contribution >= 4 is 45.2 Å². The fourth-order valence-electron chi connectivity index (χ4n) is 1.04. The molecule has 1 atom stereocenters. The molecule has 0 aromatic carbocycles. The molecule has 2 N–H and O–H groups in total. The molecule has 1 heterocycles. The first-order valence-corrected chi connectivity index (χ1v) is 7.10. The molecule has 0 saturated carbocycles. The molecule has 1 rings (SSSR count). The van der Waals surface area contributed by atoms with Gasteiger partial charge < -0.3 is 10.2 Å². The highest BCUT2D eigenvalue weighted by Gasteiger charge is 2.13. The molecule has 0 fully saturated rings. The SMILES string of the molecule is OCc1c(CI)nnn1C[C@H](O)CI. The summed E-state index contributed by atoms with van der Waals surface area (Å²) in [6.07, 6.45) is -0.440. The zero-order valence-corrected chi connectivity index (χ0v) is 11.7. The molecule has 0 saturated heterocycles. The Bertz CT molecular complexity index is 292. The summed E-state index contributed by atoms with van der Waals surface area (Å²) in [6.45, 7) is 0.307. The van der Waals surface area contributed by atoms with Crippen LogP contribution in [-0.4, -0.2) is 35.7 Å². The Hall–Kier alpha value is 0.520. The quantitative estimate of drug-likeness (QED) is 0.535. The Balaban J connectivity index is 2.80. The van der Waals surface area contributed by atoms with Crippen LogP contribution in [0.2, 0.25) is 0 Å². The summed E-state index contributed by atoms with van der Waals surface area (Å²) in [4.78, 5) is 0. The average molecular weight is 423 g/mol. The molecule has 7 heteroatoms. The minimum absolute atomic E-state index is 0.0840. The Kier molecular flexibility index (Phi) is 5.56. The van der Waals surface area contributed by atoms with Crippen LogP contribution in [0.5, 0.6) is 0 Å². The number of hydrogen-bond donors (Lipinski definition) is 2. The van der Waals surface area contributed by atoms with Crippen molar-refractivity contribution in [3.05, 3.63) is 11.4 Å². The normalized spacial score (nSPS) is 13.1. The van der Waals surface area contributed by atoms with Gasteiger partial charge in [0, 0.05) is 8.86 Å². The lowest BCUT2D eigenvalue weighted by Gasteiger charge is -2.08. The van der Waals surface area contributed by atoms with Crippen molar-refractivity contribution in [1.82, 2.24) is 15.0 Å². The molecule has 0 amide bonds. The van der Waals surface area contributed by atoms with Crippen LogP contribution in [0.3, 0.4) is 0 Å². The standard InChI is InChI=1S/C7H11I2N3O2/c8-1-5(14)3-12-7(4-13)6(2-9)10-11-12/h5,13-14H,1-4H2/t5-/m1/s1. The lowest BCUT2D eigenvalue weighted by molar-refractivity contribution is 0.169. The molecule has 0 unspecified atom stereocenters. The van der Waals surface area contributed by atoms with Gasteiger partial charge in [-0.2, -0.15) is 0 Å². The number of aliphatic hydroxyl groups excluding tert-OH is 2. The zero-order chi connectivity index (χ0) is 10.6. The molecular formula is C7H11I2N3O2. The van der Waals surface area contributed by atoms with E-state index in [0.29, 0.717) is 21.1 Å². The molecule has 80 valence electrons. The van der Waals surface area contributed by atoms with Gasteiger partial charge >= 0.3 is 0 Å². The average Bonchev–Trinajstić information content (AvgIpc) is 2.59. The van der Waals surface area contributed by atoms with Gasteiger partial charge in [0.15, 0.2) is 0 Å². The van der Waals surface area contributed by atoms with Gasteiger partial charge in [-0.15, -0.1) is 5.10 Å². The summed E-state index contributed by atoms with van der Waals surface area (Å²) in [5.74, 6) is 0. The van der Waals surface area contributed by atoms with E-state index >= 15 is 0 Å². The highest BCUT2D eigenvalue weighted by Crippen LogP contribution is 2.10. The fraction of sp³-hybridized carbons (Fsp3) is 0.714. The van der Waals surface area contributed by atoms with Gasteiger partial charge in [0.05, 0.1) is 30.6 Å². The molecule has 0 spiro atoms. The topological polar surface area (TPSA) is 71.2 Å². The van der Waals surface area contributed by atoms with E-state index in [1.165, 1.54) is 0 Å². The summed E-state index contributed by atoms with van der Waals surface area (Å²) in [7, 11) is 0. The number of aromatic nitrogens is 3. The molecule has 14 heavy (non-hydrogen) atoms. The van der Waals surface area contributed by atoms with Gasteiger partial charge in [-0.25, -0.2) is 4.68 Å². The van der Waals surface area contributed by atoms with E-state index in [2.05, 4.69) is 55.5 Å². The van der Waals surface area contributed by atoms with E-state index in [-0.39, 0.29) is 6.61 Å². The van der Waals surface area contributed by atoms with E-state index in [0.717, 1.165) is 5.69 Å². The zero-order valence-electron chi connectivity index (χ0n) is 7.40. The van der Waals surface area contributed by atoms with E-state index in [9.17, 15) is 5.11 Å². The predicted molar refractivity (Wildman–Crippen MR) is 68.6 cm³/mol. The molecule has 0 aliphatic heterocycles. The second-order valence-corrected chi connectivity index (χ2v) is 4.41. The molecule has 0 radical (unpaired) electrons. The maximum Gasteiger partial charge on any atom is 0.0980 e. The molecular weight excluding hydrogens is 412 g/mol. The highest BCUT2D eigenvalue weighted by atomic mass is 127. The lowest BCUT2D eigenvalue weighted by atomic mass is 10.3. The van der Waals surface area contributed by atoms with Crippen molar-refractivity contribution in [3.8, 4) is 0 Å². The van der Waals surface area contributed by atoms with Gasteiger partial charge in [-0.1, -0.05) is 50.4 Å². The van der Waals surface area contributed by atoms with Crippen molar-refractivity contribution in [2.45, 2.75) is 23.7 Å². The summed E-state index contributed by atoms with van der Waals surface area (Å²) in [6, 6.07) is 0. The van der Waals surface area contributed by atoms with Crippen LogP contribution in [0.15, 0.2) is 0 Å². The van der Waals surface area contributed by atoms with Crippen molar-refractivity contribution in [1.29, 1.82) is 0 Å². The number of nitrogens with zero attached hydrogens (tertiary/aromatic N) is 3. The summed E-state index contributed by atoms with van der Waals surface area (Å²) in [5.41, 5.74) is 1.48. The van der Waals surface area contributed by atoms with Crippen LogP contribution in [0.1, 0.15) is 11.4 Å². The number of halogens is 2. The molecule has 5 nitrogen and oxygen atoms in total. The van der Waals surface area contributed by atoms with Gasteiger partial charge in [0.1, 0.15) is 0 Å². The van der Waals surface area contributed by atoms with Crippen LogP contribution in [0.4, 0.5) is 0 Å². The first-order valence-electron chi connectivity index (χ1n) is 4.05. The number of rotatable bonds is 5. The van der Waals surface area contributed by atoms with Crippen LogP contribution in [0, 0.1) is 0 Å². The lowest BCUT2D eigenvalue weighted by Crippen LogP contribution is -2.20. The number of alkyl halides is 2. The maximum absolute atomic E-state index is 9.43. The maximum atomic E-state index is 9.43. The third-order valence-electron chi connectivity index (χ3n) is 1.76. The van der Waals surface area contributed by atoms with E-state index in [1.807, 2.05) is 0 Å². The van der Waals surface area contributed by atoms with Crippen molar-refractivity contribution in [3.63, 3.8) is 0 Å². The summed E-state index contributed by atoms with van der Waals surface area (Å²) < 4.78 is 2.92. The monoisotopic (exact) mass is 423 g/mol. The van der Waals surface area contributed by atoms with Gasteiger partial charge in [-0.05, 0) is 0 Å². The first kappa shape index (κ1) is 12.6. The third kappa shape index (κ3) is 3.00.